The zero-order chi connectivity index (χ0) is 29.2. The molecule has 0 bridgehead atoms. The number of nitrogens with one attached hydrogen (secondary N) is 3. The van der Waals surface area contributed by atoms with Crippen molar-refractivity contribution in [2.24, 2.45) is 5.10 Å². The van der Waals surface area contributed by atoms with Crippen molar-refractivity contribution in [2.45, 2.75) is 33.0 Å². The molecule has 0 aromatic heterocycles. The molecule has 0 saturated heterocycles. The van der Waals surface area contributed by atoms with Gasteiger partial charge in [-0.3, -0.25) is 5.43 Å². The van der Waals surface area contributed by atoms with Gasteiger partial charge in [0.05, 0.1) is 50.3 Å². The Kier molecular flexibility index (Phi) is 10.9. The van der Waals surface area contributed by atoms with Gasteiger partial charge in [0.1, 0.15) is 6.61 Å². The Morgan fingerprint density at radius 1 is 1.12 bits per heavy atom. The fraction of sp³-hybridized carbons (Fsp3) is 0.370. The van der Waals surface area contributed by atoms with Crippen molar-refractivity contribution in [1.29, 1.82) is 0 Å². The molecule has 0 saturated carbocycles. The van der Waals surface area contributed by atoms with E-state index in [9.17, 15) is 14.7 Å². The zero-order valence-corrected chi connectivity index (χ0v) is 23.6. The van der Waals surface area contributed by atoms with Crippen LogP contribution in [0.25, 0.3) is 0 Å². The van der Waals surface area contributed by atoms with E-state index in [2.05, 4.69) is 21.2 Å². The lowest BCUT2D eigenvalue weighted by Gasteiger charge is -2.28. The van der Waals surface area contributed by atoms with Crippen LogP contribution in [0.5, 0.6) is 23.0 Å². The van der Waals surface area contributed by atoms with Crippen LogP contribution in [0.4, 0.5) is 4.79 Å². The number of urea groups is 1. The summed E-state index contributed by atoms with van der Waals surface area (Å²) in [6.07, 6.45) is 0.310. The summed E-state index contributed by atoms with van der Waals surface area (Å²) in [6, 6.07) is 7.13. The van der Waals surface area contributed by atoms with Crippen LogP contribution in [0.1, 0.15) is 37.9 Å². The van der Waals surface area contributed by atoms with Crippen molar-refractivity contribution in [2.75, 3.05) is 34.0 Å². The van der Waals surface area contributed by atoms with Crippen LogP contribution in [-0.4, -0.2) is 63.6 Å². The number of benzene rings is 2. The van der Waals surface area contributed by atoms with Crippen molar-refractivity contribution >= 4 is 29.8 Å². The maximum atomic E-state index is 12.4. The Hall–Kier alpha value is -4.16. The number of carbonyl (C=O) groups excluding carboxylic acids is 2. The Labute approximate surface area is 237 Å². The fourth-order valence-corrected chi connectivity index (χ4v) is 4.24. The van der Waals surface area contributed by atoms with E-state index in [0.717, 1.165) is 0 Å². The number of methoxy groups -OCH3 is 2. The van der Waals surface area contributed by atoms with E-state index in [-0.39, 0.29) is 12.2 Å². The largest absolute Gasteiger partial charge is 0.491 e. The Morgan fingerprint density at radius 2 is 1.85 bits per heavy atom. The van der Waals surface area contributed by atoms with Crippen molar-refractivity contribution in [3.63, 3.8) is 0 Å². The van der Waals surface area contributed by atoms with Gasteiger partial charge in [0.15, 0.2) is 29.2 Å². The average molecular weight is 577 g/mol. The monoisotopic (exact) mass is 576 g/mol. The molecule has 1 heterocycles. The van der Waals surface area contributed by atoms with E-state index >= 15 is 0 Å². The van der Waals surface area contributed by atoms with Gasteiger partial charge in [-0.2, -0.15) is 5.10 Å². The number of ether oxygens (including phenoxy) is 5. The second kappa shape index (κ2) is 14.3. The highest BCUT2D eigenvalue weighted by Crippen LogP contribution is 2.36. The smallest absolute Gasteiger partial charge is 0.337 e. The second-order valence-electron chi connectivity index (χ2n) is 8.38. The third-order valence-corrected chi connectivity index (χ3v) is 5.93. The summed E-state index contributed by atoms with van der Waals surface area (Å²) >= 11 is 6.26. The van der Waals surface area contributed by atoms with Crippen molar-refractivity contribution in [3.05, 3.63) is 57.8 Å². The van der Waals surface area contributed by atoms with E-state index in [4.69, 9.17) is 35.3 Å². The Morgan fingerprint density at radius 3 is 2.52 bits per heavy atom. The molecule has 2 aromatic carbocycles. The predicted molar refractivity (Wildman–Crippen MR) is 148 cm³/mol. The third kappa shape index (κ3) is 7.48. The summed E-state index contributed by atoms with van der Waals surface area (Å²) in [7, 11) is 2.77. The van der Waals surface area contributed by atoms with E-state index in [1.807, 2.05) is 6.92 Å². The molecule has 1 aliphatic heterocycles. The van der Waals surface area contributed by atoms with Gasteiger partial charge in [0, 0.05) is 5.70 Å². The molecule has 0 spiro atoms. The minimum atomic E-state index is -1.16. The number of amides is 2. The average Bonchev–Trinajstić information content (AvgIpc) is 2.92. The molecule has 12 nitrogen and oxygen atoms in total. The molecule has 40 heavy (non-hydrogen) atoms. The second-order valence-corrected chi connectivity index (χ2v) is 8.79. The van der Waals surface area contributed by atoms with Gasteiger partial charge in [-0.25, -0.2) is 9.59 Å². The molecule has 0 aliphatic carbocycles. The molecule has 1 aliphatic rings. The molecule has 2 amide bonds. The highest BCUT2D eigenvalue weighted by Gasteiger charge is 2.32. The molecule has 0 radical (unpaired) electrons. The first-order valence-corrected chi connectivity index (χ1v) is 12.8. The van der Waals surface area contributed by atoms with Crippen molar-refractivity contribution < 1.29 is 38.4 Å². The number of esters is 1. The molecule has 3 rings (SSSR count). The first kappa shape index (κ1) is 30.4. The summed E-state index contributed by atoms with van der Waals surface area (Å²) in [5.41, 5.74) is 4.45. The number of allylic oxidation sites excluding steroid dienone is 1. The van der Waals surface area contributed by atoms with E-state index in [1.165, 1.54) is 20.4 Å². The van der Waals surface area contributed by atoms with E-state index in [0.29, 0.717) is 58.1 Å². The lowest BCUT2D eigenvalue weighted by molar-refractivity contribution is -0.136. The Bertz CT molecular complexity index is 1280. The maximum Gasteiger partial charge on any atom is 0.337 e. The molecule has 13 heteroatoms. The number of aliphatic hydroxyl groups excluding tert-OH is 1. The maximum absolute atomic E-state index is 12.4. The van der Waals surface area contributed by atoms with Gasteiger partial charge in [0.2, 0.25) is 0 Å². The lowest BCUT2D eigenvalue weighted by atomic mass is 9.95. The minimum absolute atomic E-state index is 0.166. The number of hydrazone groups is 1. The normalized spacial score (nSPS) is 15.7. The SMILES string of the molecule is CCOc1cc([C@@H]2NC(=O)NC(C)=C2C(=O)OC)ccc1OC[C@@H](O)N/N=C\c1cc(Cl)c(OC)c(OCC)c1. The topological polar surface area (TPSA) is 149 Å². The number of hydrogen-bond acceptors (Lipinski definition) is 10. The van der Waals surface area contributed by atoms with Gasteiger partial charge in [-0.05, 0) is 56.2 Å². The van der Waals surface area contributed by atoms with E-state index < -0.39 is 24.3 Å². The van der Waals surface area contributed by atoms with Gasteiger partial charge >= 0.3 is 12.0 Å². The number of nitrogens with zero attached hydrogens (tertiary/aromatic N) is 1. The number of halogens is 1. The van der Waals surface area contributed by atoms with Crippen LogP contribution in [0.15, 0.2) is 46.7 Å². The summed E-state index contributed by atoms with van der Waals surface area (Å²) in [4.78, 5) is 24.5. The lowest BCUT2D eigenvalue weighted by Crippen LogP contribution is -2.45. The third-order valence-electron chi connectivity index (χ3n) is 5.65. The van der Waals surface area contributed by atoms with Crippen LogP contribution in [0, 0.1) is 0 Å². The van der Waals surface area contributed by atoms with Gasteiger partial charge in [-0.1, -0.05) is 17.7 Å². The molecular formula is C27H33ClN4O8. The highest BCUT2D eigenvalue weighted by molar-refractivity contribution is 6.32. The van der Waals surface area contributed by atoms with E-state index in [1.54, 1.807) is 44.2 Å². The molecule has 0 unspecified atom stereocenters. The fourth-order valence-electron chi connectivity index (χ4n) is 3.94. The summed E-state index contributed by atoms with van der Waals surface area (Å²) in [6.45, 7) is 5.87. The first-order valence-electron chi connectivity index (χ1n) is 12.4. The quantitative estimate of drug-likeness (QED) is 0.122. The van der Waals surface area contributed by atoms with Crippen molar-refractivity contribution in [1.82, 2.24) is 16.1 Å². The summed E-state index contributed by atoms with van der Waals surface area (Å²) in [5.74, 6) is 1.03. The molecule has 0 fully saturated rings. The number of rotatable bonds is 13. The standard InChI is InChI=1S/C27H33ClN4O8/c1-6-38-20-12-17(24-23(26(34)37-5)15(3)30-27(35)31-24)8-9-19(20)40-14-22(33)32-29-13-16-10-18(28)25(36-4)21(11-16)39-7-2/h8-13,22,24,32-33H,6-7,14H2,1-5H3,(H2,30,31,35)/b29-13-/t22-,24+/m1/s1. The number of carbonyl (C=O) groups is 2. The van der Waals surface area contributed by atoms with Gasteiger partial charge in [-0.15, -0.1) is 0 Å². The van der Waals surface area contributed by atoms with Crippen LogP contribution < -0.4 is 35.0 Å². The number of hydrogen-bond donors (Lipinski definition) is 4. The molecule has 216 valence electrons. The minimum Gasteiger partial charge on any atom is -0.491 e. The zero-order valence-electron chi connectivity index (χ0n) is 22.9. The summed E-state index contributed by atoms with van der Waals surface area (Å²) < 4.78 is 27.2. The molecule has 2 atom stereocenters. The van der Waals surface area contributed by atoms with Crippen LogP contribution >= 0.6 is 11.6 Å². The van der Waals surface area contributed by atoms with Crippen molar-refractivity contribution in [3.8, 4) is 23.0 Å². The van der Waals surface area contributed by atoms with Crippen LogP contribution in [-0.2, 0) is 9.53 Å². The van der Waals surface area contributed by atoms with Gasteiger partial charge < -0.3 is 39.4 Å². The number of aliphatic hydroxyl groups is 1. The first-order chi connectivity index (χ1) is 19.2. The molecule has 4 N–H and O–H groups in total. The van der Waals surface area contributed by atoms with Gasteiger partial charge in [0.25, 0.3) is 0 Å². The predicted octanol–water partition coefficient (Wildman–Crippen LogP) is 3.27. The highest BCUT2D eigenvalue weighted by atomic mass is 35.5. The van der Waals surface area contributed by atoms with Crippen LogP contribution in [0.2, 0.25) is 5.02 Å². The molecular weight excluding hydrogens is 544 g/mol. The summed E-state index contributed by atoms with van der Waals surface area (Å²) in [5, 5.41) is 20.1. The van der Waals surface area contributed by atoms with Crippen LogP contribution in [0.3, 0.4) is 0 Å². The Balaban J connectivity index is 1.70. The molecule has 2 aromatic rings.